The quantitative estimate of drug-likeness (QED) is 0.767. The maximum Gasteiger partial charge on any atom is 0.123 e. The largest absolute Gasteiger partial charge is 0.489 e. The van der Waals surface area contributed by atoms with Gasteiger partial charge in [0.1, 0.15) is 12.4 Å². The number of ether oxygens (including phenoxy) is 1. The molecule has 0 amide bonds. The van der Waals surface area contributed by atoms with E-state index in [1.54, 1.807) is 11.3 Å². The molecule has 0 bridgehead atoms. The molecular weight excluding hydrogens is 228 g/mol. The van der Waals surface area contributed by atoms with E-state index in [0.29, 0.717) is 6.61 Å². The molecule has 0 atom stereocenters. The van der Waals surface area contributed by atoms with Crippen molar-refractivity contribution in [1.82, 2.24) is 0 Å². The molecule has 1 nitrogen and oxygen atoms in total. The smallest absolute Gasteiger partial charge is 0.123 e. The van der Waals surface area contributed by atoms with E-state index in [4.69, 9.17) is 4.74 Å². The van der Waals surface area contributed by atoms with Gasteiger partial charge in [-0.25, -0.2) is 0 Å². The minimum Gasteiger partial charge on any atom is -0.489 e. The molecule has 0 saturated heterocycles. The first-order valence-electron chi connectivity index (χ1n) is 5.81. The third-order valence-electron chi connectivity index (χ3n) is 2.67. The van der Waals surface area contributed by atoms with Crippen LogP contribution in [-0.2, 0) is 12.0 Å². The van der Waals surface area contributed by atoms with Crippen molar-refractivity contribution in [2.24, 2.45) is 0 Å². The van der Waals surface area contributed by atoms with Gasteiger partial charge >= 0.3 is 0 Å². The van der Waals surface area contributed by atoms with Crippen molar-refractivity contribution >= 4 is 11.3 Å². The van der Waals surface area contributed by atoms with E-state index >= 15 is 0 Å². The molecule has 1 aromatic heterocycles. The van der Waals surface area contributed by atoms with Crippen molar-refractivity contribution in [2.75, 3.05) is 0 Å². The summed E-state index contributed by atoms with van der Waals surface area (Å²) in [4.78, 5) is 0. The summed E-state index contributed by atoms with van der Waals surface area (Å²) in [6.07, 6.45) is 0. The SMILES string of the molecule is CC(C)(C)c1ccccc1OCc1ccsc1. The monoisotopic (exact) mass is 246 g/mol. The molecule has 1 heterocycles. The van der Waals surface area contributed by atoms with Crippen molar-refractivity contribution in [2.45, 2.75) is 32.8 Å². The molecule has 0 aliphatic heterocycles. The molecule has 2 aromatic rings. The Morgan fingerprint density at radius 3 is 2.53 bits per heavy atom. The number of hydrogen-bond donors (Lipinski definition) is 0. The molecule has 0 spiro atoms. The highest BCUT2D eigenvalue weighted by Gasteiger charge is 2.18. The lowest BCUT2D eigenvalue weighted by Gasteiger charge is -2.22. The fourth-order valence-corrected chi connectivity index (χ4v) is 2.40. The van der Waals surface area contributed by atoms with E-state index in [0.717, 1.165) is 5.75 Å². The second kappa shape index (κ2) is 4.92. The Morgan fingerprint density at radius 1 is 1.12 bits per heavy atom. The molecule has 0 radical (unpaired) electrons. The van der Waals surface area contributed by atoms with Gasteiger partial charge in [0.05, 0.1) is 0 Å². The Bertz CT molecular complexity index is 466. The minimum atomic E-state index is 0.116. The third kappa shape index (κ3) is 3.10. The van der Waals surface area contributed by atoms with Crippen LogP contribution in [0.3, 0.4) is 0 Å². The number of rotatable bonds is 3. The lowest BCUT2D eigenvalue weighted by Crippen LogP contribution is -2.13. The van der Waals surface area contributed by atoms with Crippen LogP contribution in [0.5, 0.6) is 5.75 Å². The molecule has 0 aliphatic rings. The lowest BCUT2D eigenvalue weighted by molar-refractivity contribution is 0.298. The van der Waals surface area contributed by atoms with Crippen LogP contribution in [0.2, 0.25) is 0 Å². The number of para-hydroxylation sites is 1. The molecule has 0 fully saturated rings. The number of thiophene rings is 1. The Kier molecular flexibility index (Phi) is 3.53. The molecule has 0 unspecified atom stereocenters. The average Bonchev–Trinajstić information content (AvgIpc) is 2.78. The van der Waals surface area contributed by atoms with Gasteiger partial charge in [-0.05, 0) is 39.4 Å². The fourth-order valence-electron chi connectivity index (χ4n) is 1.75. The number of hydrogen-bond acceptors (Lipinski definition) is 2. The second-order valence-electron chi connectivity index (χ2n) is 5.17. The highest BCUT2D eigenvalue weighted by atomic mass is 32.1. The van der Waals surface area contributed by atoms with E-state index < -0.39 is 0 Å². The van der Waals surface area contributed by atoms with Crippen LogP contribution in [0.15, 0.2) is 41.1 Å². The van der Waals surface area contributed by atoms with Gasteiger partial charge in [0, 0.05) is 0 Å². The topological polar surface area (TPSA) is 9.23 Å². The molecule has 1 aromatic carbocycles. The highest BCUT2D eigenvalue weighted by Crippen LogP contribution is 2.31. The highest BCUT2D eigenvalue weighted by molar-refractivity contribution is 7.07. The van der Waals surface area contributed by atoms with Gasteiger partial charge in [-0.1, -0.05) is 39.0 Å². The van der Waals surface area contributed by atoms with Gasteiger partial charge in [-0.3, -0.25) is 0 Å². The molecule has 17 heavy (non-hydrogen) atoms. The normalized spacial score (nSPS) is 11.5. The van der Waals surface area contributed by atoms with Crippen molar-refractivity contribution in [3.8, 4) is 5.75 Å². The van der Waals surface area contributed by atoms with Crippen molar-refractivity contribution in [3.63, 3.8) is 0 Å². The summed E-state index contributed by atoms with van der Waals surface area (Å²) in [5.41, 5.74) is 2.61. The van der Waals surface area contributed by atoms with Gasteiger partial charge in [-0.15, -0.1) is 0 Å². The minimum absolute atomic E-state index is 0.116. The first-order valence-corrected chi connectivity index (χ1v) is 6.75. The zero-order valence-corrected chi connectivity index (χ0v) is 11.4. The summed E-state index contributed by atoms with van der Waals surface area (Å²) in [7, 11) is 0. The Hall–Kier alpha value is -1.28. The van der Waals surface area contributed by atoms with E-state index in [1.165, 1.54) is 11.1 Å². The molecule has 2 rings (SSSR count). The van der Waals surface area contributed by atoms with Crippen LogP contribution in [0, 0.1) is 0 Å². The summed E-state index contributed by atoms with van der Waals surface area (Å²) in [6, 6.07) is 10.4. The van der Waals surface area contributed by atoms with Gasteiger partial charge in [0.25, 0.3) is 0 Å². The van der Waals surface area contributed by atoms with E-state index in [9.17, 15) is 0 Å². The van der Waals surface area contributed by atoms with Gasteiger partial charge in [0.15, 0.2) is 0 Å². The Labute approximate surface area is 107 Å². The van der Waals surface area contributed by atoms with Crippen LogP contribution < -0.4 is 4.74 Å². The maximum absolute atomic E-state index is 5.91. The lowest BCUT2D eigenvalue weighted by atomic mass is 9.86. The van der Waals surface area contributed by atoms with E-state index in [-0.39, 0.29) is 5.41 Å². The summed E-state index contributed by atoms with van der Waals surface area (Å²) in [5.74, 6) is 0.992. The van der Waals surface area contributed by atoms with Crippen molar-refractivity contribution in [3.05, 3.63) is 52.2 Å². The van der Waals surface area contributed by atoms with Crippen LogP contribution in [-0.4, -0.2) is 0 Å². The van der Waals surface area contributed by atoms with Gasteiger partial charge in [-0.2, -0.15) is 11.3 Å². The second-order valence-corrected chi connectivity index (χ2v) is 5.95. The molecule has 2 heteroatoms. The number of benzene rings is 1. The third-order valence-corrected chi connectivity index (χ3v) is 3.40. The average molecular weight is 246 g/mol. The standard InChI is InChI=1S/C15H18OS/c1-15(2,3)13-6-4-5-7-14(13)16-10-12-8-9-17-11-12/h4-9,11H,10H2,1-3H3. The predicted octanol–water partition coefficient (Wildman–Crippen LogP) is 4.62. The maximum atomic E-state index is 5.91. The zero-order valence-electron chi connectivity index (χ0n) is 10.6. The van der Waals surface area contributed by atoms with Crippen LogP contribution in [0.1, 0.15) is 31.9 Å². The Morgan fingerprint density at radius 2 is 1.88 bits per heavy atom. The summed E-state index contributed by atoms with van der Waals surface area (Å²) >= 11 is 1.70. The van der Waals surface area contributed by atoms with Crippen molar-refractivity contribution < 1.29 is 4.74 Å². The molecule has 0 aliphatic carbocycles. The van der Waals surface area contributed by atoms with Crippen LogP contribution in [0.25, 0.3) is 0 Å². The zero-order chi connectivity index (χ0) is 12.3. The Balaban J connectivity index is 2.16. The molecular formula is C15H18OS. The van der Waals surface area contributed by atoms with Crippen LogP contribution >= 0.6 is 11.3 Å². The van der Waals surface area contributed by atoms with E-state index in [1.807, 2.05) is 12.1 Å². The first-order chi connectivity index (χ1) is 8.07. The van der Waals surface area contributed by atoms with Gasteiger partial charge in [0.2, 0.25) is 0 Å². The van der Waals surface area contributed by atoms with E-state index in [2.05, 4.69) is 49.7 Å². The van der Waals surface area contributed by atoms with Crippen molar-refractivity contribution in [1.29, 1.82) is 0 Å². The summed E-state index contributed by atoms with van der Waals surface area (Å²) < 4.78 is 5.91. The molecule has 0 N–H and O–H groups in total. The van der Waals surface area contributed by atoms with Crippen LogP contribution in [0.4, 0.5) is 0 Å². The van der Waals surface area contributed by atoms with Gasteiger partial charge < -0.3 is 4.74 Å². The molecule has 90 valence electrons. The molecule has 0 saturated carbocycles. The fraction of sp³-hybridized carbons (Fsp3) is 0.333. The summed E-state index contributed by atoms with van der Waals surface area (Å²) in [6.45, 7) is 7.27. The first kappa shape index (κ1) is 12.2. The predicted molar refractivity (Wildman–Crippen MR) is 73.8 cm³/mol. The summed E-state index contributed by atoms with van der Waals surface area (Å²) in [5, 5.41) is 4.20.